The summed E-state index contributed by atoms with van der Waals surface area (Å²) in [7, 11) is -3.29. The number of nitrogens with zero attached hydrogens (tertiary/aromatic N) is 1. The molecule has 31 heavy (non-hydrogen) atoms. The van der Waals surface area contributed by atoms with Gasteiger partial charge in [0.25, 0.3) is 0 Å². The number of morpholine rings is 1. The van der Waals surface area contributed by atoms with Crippen molar-refractivity contribution in [2.75, 3.05) is 29.9 Å². The number of carbonyl (C=O) groups is 1. The van der Waals surface area contributed by atoms with Crippen LogP contribution in [0.5, 0.6) is 0 Å². The summed E-state index contributed by atoms with van der Waals surface area (Å²) in [4.78, 5) is 14.4. The highest BCUT2D eigenvalue weighted by molar-refractivity contribution is 7.90. The van der Waals surface area contributed by atoms with Crippen molar-refractivity contribution in [3.8, 4) is 0 Å². The maximum absolute atomic E-state index is 15.1. The number of hydrogen-bond donors (Lipinski definition) is 2. The molecule has 7 nitrogen and oxygen atoms in total. The van der Waals surface area contributed by atoms with Crippen LogP contribution in [0.1, 0.15) is 59.4 Å². The van der Waals surface area contributed by atoms with E-state index in [2.05, 4.69) is 14.9 Å². The van der Waals surface area contributed by atoms with Gasteiger partial charge in [-0.15, -0.1) is 0 Å². The van der Waals surface area contributed by atoms with E-state index < -0.39 is 21.1 Å². The molecule has 1 aromatic rings. The summed E-state index contributed by atoms with van der Waals surface area (Å²) < 4.78 is 46.8. The monoisotopic (exact) mass is 457 g/mol. The van der Waals surface area contributed by atoms with E-state index in [4.69, 9.17) is 4.74 Å². The molecule has 0 bridgehead atoms. The van der Waals surface area contributed by atoms with Gasteiger partial charge in [-0.25, -0.2) is 17.5 Å². The first-order valence-corrected chi connectivity index (χ1v) is 12.6. The van der Waals surface area contributed by atoms with Gasteiger partial charge in [-0.1, -0.05) is 6.92 Å². The zero-order valence-electron chi connectivity index (χ0n) is 19.2. The first kappa shape index (κ1) is 25.5. The Labute approximate surface area is 185 Å². The second-order valence-electron chi connectivity index (χ2n) is 8.43. The van der Waals surface area contributed by atoms with Gasteiger partial charge in [0.2, 0.25) is 15.9 Å². The smallest absolute Gasteiger partial charge is 0.224 e. The summed E-state index contributed by atoms with van der Waals surface area (Å²) in [5, 5.41) is 2.17. The van der Waals surface area contributed by atoms with E-state index in [1.54, 1.807) is 19.9 Å². The van der Waals surface area contributed by atoms with Crippen molar-refractivity contribution >= 4 is 27.3 Å². The Balaban J connectivity index is 1.94. The lowest BCUT2D eigenvalue weighted by atomic mass is 10.1. The number of halogens is 1. The predicted octanol–water partition coefficient (Wildman–Crippen LogP) is 3.44. The summed E-state index contributed by atoms with van der Waals surface area (Å²) in [6.45, 7) is 10.8. The molecule has 2 atom stereocenters. The number of rotatable bonds is 10. The Morgan fingerprint density at radius 2 is 1.87 bits per heavy atom. The molecule has 1 aliphatic heterocycles. The van der Waals surface area contributed by atoms with Crippen molar-refractivity contribution < 1.29 is 22.3 Å². The minimum Gasteiger partial charge on any atom is -0.372 e. The lowest BCUT2D eigenvalue weighted by molar-refractivity contribution is -0.116. The number of carbonyl (C=O) groups excluding carboxylic acids is 1. The highest BCUT2D eigenvalue weighted by atomic mass is 32.2. The summed E-state index contributed by atoms with van der Waals surface area (Å²) in [6, 6.07) is 3.48. The standard InChI is InChI=1S/C22H36FN3O4S/c1-6-18-20(26-13-16(4)30-17(5)14-26)11-10-19(22(18)23)25-21(27)9-7-8-12-24-31(28,29)15(2)3/h10-11,15-17,24H,6-9,12-14H2,1-5H3,(H,25,27)/t16-,17+. The van der Waals surface area contributed by atoms with E-state index in [-0.39, 0.29) is 36.8 Å². The van der Waals surface area contributed by atoms with E-state index in [0.717, 1.165) is 5.69 Å². The van der Waals surface area contributed by atoms with Crippen LogP contribution in [0.15, 0.2) is 12.1 Å². The molecule has 0 aromatic heterocycles. The van der Waals surface area contributed by atoms with Gasteiger partial charge >= 0.3 is 0 Å². The van der Waals surface area contributed by atoms with Crippen LogP contribution in [0.2, 0.25) is 0 Å². The van der Waals surface area contributed by atoms with Crippen molar-refractivity contribution in [1.29, 1.82) is 0 Å². The van der Waals surface area contributed by atoms with Crippen molar-refractivity contribution in [1.82, 2.24) is 4.72 Å². The third-order valence-electron chi connectivity index (χ3n) is 5.36. The molecule has 176 valence electrons. The fourth-order valence-electron chi connectivity index (χ4n) is 3.72. The maximum Gasteiger partial charge on any atom is 0.224 e. The molecular formula is C22H36FN3O4S. The number of sulfonamides is 1. The van der Waals surface area contributed by atoms with Crippen molar-refractivity contribution in [3.05, 3.63) is 23.5 Å². The van der Waals surface area contributed by atoms with Crippen molar-refractivity contribution in [2.45, 2.75) is 77.8 Å². The number of benzene rings is 1. The molecule has 1 saturated heterocycles. The van der Waals surface area contributed by atoms with Crippen LogP contribution < -0.4 is 14.9 Å². The Hall–Kier alpha value is -1.71. The van der Waals surface area contributed by atoms with Crippen molar-refractivity contribution in [3.63, 3.8) is 0 Å². The molecule has 0 aliphatic carbocycles. The quantitative estimate of drug-likeness (QED) is 0.526. The Bertz CT molecular complexity index is 851. The number of anilines is 2. The average molecular weight is 458 g/mol. The molecule has 0 spiro atoms. The van der Waals surface area contributed by atoms with E-state index >= 15 is 4.39 Å². The number of unbranched alkanes of at least 4 members (excludes halogenated alkanes) is 1. The first-order chi connectivity index (χ1) is 14.5. The molecule has 1 aliphatic rings. The topological polar surface area (TPSA) is 87.7 Å². The number of ether oxygens (including phenoxy) is 1. The molecule has 2 N–H and O–H groups in total. The van der Waals surface area contributed by atoms with Crippen LogP contribution in [0.25, 0.3) is 0 Å². The van der Waals surface area contributed by atoms with Gasteiger partial charge in [-0.2, -0.15) is 0 Å². The fraction of sp³-hybridized carbons (Fsp3) is 0.682. The SMILES string of the molecule is CCc1c(N2C[C@@H](C)O[C@@H](C)C2)ccc(NC(=O)CCCCNS(=O)(=O)C(C)C)c1F. The molecule has 1 heterocycles. The number of amides is 1. The molecular weight excluding hydrogens is 421 g/mol. The fourth-order valence-corrected chi connectivity index (χ4v) is 4.48. The summed E-state index contributed by atoms with van der Waals surface area (Å²) in [5.74, 6) is -0.682. The zero-order chi connectivity index (χ0) is 23.2. The third-order valence-corrected chi connectivity index (χ3v) is 7.21. The average Bonchev–Trinajstić information content (AvgIpc) is 2.68. The number of hydrogen-bond acceptors (Lipinski definition) is 5. The first-order valence-electron chi connectivity index (χ1n) is 11.0. The molecule has 0 saturated carbocycles. The zero-order valence-corrected chi connectivity index (χ0v) is 20.0. The van der Waals surface area contributed by atoms with Crippen LogP contribution >= 0.6 is 0 Å². The molecule has 2 rings (SSSR count). The van der Waals surface area contributed by atoms with Crippen LogP contribution in [0.3, 0.4) is 0 Å². The van der Waals surface area contributed by atoms with Crippen LogP contribution in [-0.4, -0.2) is 51.4 Å². The molecule has 1 aromatic carbocycles. The van der Waals surface area contributed by atoms with Gasteiger partial charge in [-0.05, 0) is 59.1 Å². The summed E-state index contributed by atoms with van der Waals surface area (Å²) in [5.41, 5.74) is 1.61. The lowest BCUT2D eigenvalue weighted by Crippen LogP contribution is -2.46. The molecule has 9 heteroatoms. The van der Waals surface area contributed by atoms with Crippen LogP contribution in [0, 0.1) is 5.82 Å². The van der Waals surface area contributed by atoms with E-state index in [1.807, 2.05) is 26.8 Å². The highest BCUT2D eigenvalue weighted by Gasteiger charge is 2.25. The van der Waals surface area contributed by atoms with Gasteiger partial charge in [0.15, 0.2) is 5.82 Å². The Morgan fingerprint density at radius 1 is 1.23 bits per heavy atom. The highest BCUT2D eigenvalue weighted by Crippen LogP contribution is 2.31. The minimum atomic E-state index is -3.29. The van der Waals surface area contributed by atoms with Gasteiger partial charge in [-0.3, -0.25) is 4.79 Å². The molecule has 0 unspecified atom stereocenters. The van der Waals surface area contributed by atoms with Crippen LogP contribution in [-0.2, 0) is 26.0 Å². The minimum absolute atomic E-state index is 0.0703. The largest absolute Gasteiger partial charge is 0.372 e. The molecule has 0 radical (unpaired) electrons. The summed E-state index contributed by atoms with van der Waals surface area (Å²) in [6.07, 6.45) is 1.90. The molecule has 1 amide bonds. The predicted molar refractivity (Wildman–Crippen MR) is 123 cm³/mol. The van der Waals surface area contributed by atoms with E-state index in [0.29, 0.717) is 37.9 Å². The van der Waals surface area contributed by atoms with Crippen molar-refractivity contribution in [2.24, 2.45) is 0 Å². The van der Waals surface area contributed by atoms with E-state index in [9.17, 15) is 13.2 Å². The Morgan fingerprint density at radius 3 is 2.45 bits per heavy atom. The lowest BCUT2D eigenvalue weighted by Gasteiger charge is -2.38. The second kappa shape index (κ2) is 11.2. The van der Waals surface area contributed by atoms with E-state index in [1.165, 1.54) is 0 Å². The number of nitrogens with one attached hydrogen (secondary N) is 2. The second-order valence-corrected chi connectivity index (χ2v) is 10.8. The van der Waals surface area contributed by atoms with Gasteiger partial charge in [0.05, 0.1) is 23.1 Å². The Kier molecular flexibility index (Phi) is 9.27. The summed E-state index contributed by atoms with van der Waals surface area (Å²) >= 11 is 0. The maximum atomic E-state index is 15.1. The van der Waals surface area contributed by atoms with Crippen LogP contribution in [0.4, 0.5) is 15.8 Å². The van der Waals surface area contributed by atoms with Gasteiger partial charge in [0, 0.05) is 37.3 Å². The third kappa shape index (κ3) is 7.15. The normalized spacial score (nSPS) is 19.6. The van der Waals surface area contributed by atoms with Gasteiger partial charge < -0.3 is 15.0 Å². The van der Waals surface area contributed by atoms with Gasteiger partial charge in [0.1, 0.15) is 0 Å². The molecule has 1 fully saturated rings.